The number of hydrogen-bond donors (Lipinski definition) is 5. The number of nitrogens with one attached hydrogen (secondary N) is 3. The lowest BCUT2D eigenvalue weighted by Crippen LogP contribution is -2.56. The fourth-order valence-corrected chi connectivity index (χ4v) is 3.89. The van der Waals surface area contributed by atoms with Crippen LogP contribution >= 0.6 is 0 Å². The summed E-state index contributed by atoms with van der Waals surface area (Å²) in [6.45, 7) is 10.6. The van der Waals surface area contributed by atoms with Gasteiger partial charge in [-0.2, -0.15) is 0 Å². The summed E-state index contributed by atoms with van der Waals surface area (Å²) in [5, 5.41) is 17.7. The molecule has 1 saturated heterocycles. The lowest BCUT2D eigenvalue weighted by Gasteiger charge is -2.30. The van der Waals surface area contributed by atoms with Crippen molar-refractivity contribution in [3.63, 3.8) is 0 Å². The summed E-state index contributed by atoms with van der Waals surface area (Å²) in [5.74, 6) is -2.08. The summed E-state index contributed by atoms with van der Waals surface area (Å²) in [7, 11) is 0. The van der Waals surface area contributed by atoms with Gasteiger partial charge in [-0.15, -0.1) is 0 Å². The lowest BCUT2D eigenvalue weighted by molar-refractivity contribution is -0.144. The Balaban J connectivity index is 2.87. The molecular formula is C23H43N5O5. The molecule has 0 radical (unpaired) electrons. The van der Waals surface area contributed by atoms with Gasteiger partial charge < -0.3 is 31.7 Å². The summed E-state index contributed by atoms with van der Waals surface area (Å²) in [4.78, 5) is 51.2. The first-order chi connectivity index (χ1) is 15.4. The molecule has 0 aliphatic carbocycles. The number of carbonyl (C=O) groups is 4. The summed E-state index contributed by atoms with van der Waals surface area (Å²) >= 11 is 0. The highest BCUT2D eigenvalue weighted by molar-refractivity contribution is 5.94. The Kier molecular flexibility index (Phi) is 12.4. The second-order valence-electron chi connectivity index (χ2n) is 9.66. The smallest absolute Gasteiger partial charge is 0.325 e. The molecule has 3 amide bonds. The van der Waals surface area contributed by atoms with Crippen LogP contribution in [-0.2, 0) is 19.2 Å². The highest BCUT2D eigenvalue weighted by Crippen LogP contribution is 2.20. The highest BCUT2D eigenvalue weighted by atomic mass is 16.4. The van der Waals surface area contributed by atoms with E-state index in [9.17, 15) is 19.2 Å². The van der Waals surface area contributed by atoms with E-state index in [1.807, 2.05) is 13.8 Å². The molecule has 0 aromatic heterocycles. The second-order valence-corrected chi connectivity index (χ2v) is 9.66. The Labute approximate surface area is 197 Å². The zero-order valence-corrected chi connectivity index (χ0v) is 20.7. The Morgan fingerprint density at radius 2 is 1.73 bits per heavy atom. The van der Waals surface area contributed by atoms with Gasteiger partial charge in [0.15, 0.2) is 0 Å². The quantitative estimate of drug-likeness (QED) is 0.233. The third kappa shape index (κ3) is 10.1. The van der Waals surface area contributed by atoms with Crippen LogP contribution in [0.25, 0.3) is 0 Å². The van der Waals surface area contributed by atoms with E-state index in [0.717, 1.165) is 19.4 Å². The number of carboxylic acids is 1. The Bertz CT molecular complexity index is 670. The molecule has 0 bridgehead atoms. The van der Waals surface area contributed by atoms with Crippen LogP contribution in [0.3, 0.4) is 0 Å². The van der Waals surface area contributed by atoms with Crippen LogP contribution in [-0.4, -0.2) is 77.0 Å². The molecule has 10 nitrogen and oxygen atoms in total. The topological polar surface area (TPSA) is 154 Å². The number of amides is 3. The van der Waals surface area contributed by atoms with E-state index < -0.39 is 36.0 Å². The molecule has 190 valence electrons. The number of nitrogens with zero attached hydrogens (tertiary/aromatic N) is 1. The number of nitrogens with two attached hydrogens (primary N) is 1. The number of likely N-dealkylation sites (tertiary alicyclic amines) is 1. The average Bonchev–Trinajstić information content (AvgIpc) is 3.21. The van der Waals surface area contributed by atoms with Gasteiger partial charge in [-0.3, -0.25) is 19.2 Å². The first-order valence-corrected chi connectivity index (χ1v) is 12.1. The molecule has 1 fully saturated rings. The van der Waals surface area contributed by atoms with E-state index in [4.69, 9.17) is 10.8 Å². The number of carbonyl (C=O) groups excluding carboxylic acids is 3. The zero-order valence-electron chi connectivity index (χ0n) is 20.7. The van der Waals surface area contributed by atoms with Crippen molar-refractivity contribution in [2.24, 2.45) is 11.7 Å². The van der Waals surface area contributed by atoms with Crippen molar-refractivity contribution in [2.45, 2.75) is 103 Å². The SMILES string of the molecule is CC(C)C[C@H](N)C(=O)N[C@@H](CCCCNC(C)C)C(=O)N1CCC[C@H]1C(=O)N[C@H](C)C(=O)O. The van der Waals surface area contributed by atoms with E-state index in [-0.39, 0.29) is 17.7 Å². The molecule has 0 aromatic carbocycles. The minimum atomic E-state index is -1.14. The first-order valence-electron chi connectivity index (χ1n) is 12.1. The van der Waals surface area contributed by atoms with Crippen molar-refractivity contribution in [3.8, 4) is 0 Å². The summed E-state index contributed by atoms with van der Waals surface area (Å²) in [5.41, 5.74) is 6.02. The van der Waals surface area contributed by atoms with Crippen LogP contribution in [0.2, 0.25) is 0 Å². The van der Waals surface area contributed by atoms with Crippen molar-refractivity contribution in [1.29, 1.82) is 0 Å². The molecule has 0 unspecified atom stereocenters. The van der Waals surface area contributed by atoms with Crippen molar-refractivity contribution in [1.82, 2.24) is 20.9 Å². The minimum absolute atomic E-state index is 0.241. The molecule has 1 aliphatic heterocycles. The Morgan fingerprint density at radius 3 is 2.30 bits per heavy atom. The van der Waals surface area contributed by atoms with Gasteiger partial charge in [-0.05, 0) is 57.9 Å². The van der Waals surface area contributed by atoms with Gasteiger partial charge in [0, 0.05) is 12.6 Å². The predicted molar refractivity (Wildman–Crippen MR) is 126 cm³/mol. The number of aliphatic carboxylic acids is 1. The normalized spacial score (nSPS) is 18.8. The van der Waals surface area contributed by atoms with Crippen LogP contribution < -0.4 is 21.7 Å². The van der Waals surface area contributed by atoms with Crippen LogP contribution in [0, 0.1) is 5.92 Å². The molecule has 33 heavy (non-hydrogen) atoms. The van der Waals surface area contributed by atoms with E-state index in [2.05, 4.69) is 29.8 Å². The largest absolute Gasteiger partial charge is 0.480 e. The maximum atomic E-state index is 13.4. The van der Waals surface area contributed by atoms with Crippen molar-refractivity contribution < 1.29 is 24.3 Å². The molecule has 0 saturated carbocycles. The van der Waals surface area contributed by atoms with Gasteiger partial charge in [0.2, 0.25) is 17.7 Å². The van der Waals surface area contributed by atoms with Crippen LogP contribution in [0.5, 0.6) is 0 Å². The minimum Gasteiger partial charge on any atom is -0.480 e. The third-order valence-electron chi connectivity index (χ3n) is 5.72. The molecule has 6 N–H and O–H groups in total. The molecule has 4 atom stereocenters. The van der Waals surface area contributed by atoms with Gasteiger partial charge in [-0.25, -0.2) is 0 Å². The summed E-state index contributed by atoms with van der Waals surface area (Å²) in [6.07, 6.45) is 3.60. The van der Waals surface area contributed by atoms with Crippen molar-refractivity contribution in [3.05, 3.63) is 0 Å². The number of carboxylic acid groups (broad SMARTS) is 1. The predicted octanol–water partition coefficient (Wildman–Crippen LogP) is 0.593. The highest BCUT2D eigenvalue weighted by Gasteiger charge is 2.38. The fraction of sp³-hybridized carbons (Fsp3) is 0.826. The van der Waals surface area contributed by atoms with Gasteiger partial charge >= 0.3 is 5.97 Å². The fourth-order valence-electron chi connectivity index (χ4n) is 3.89. The standard InChI is InChI=1S/C23H43N5O5/c1-14(2)13-17(24)20(29)27-18(9-6-7-11-25-15(3)4)22(31)28-12-8-10-19(28)21(30)26-16(5)23(32)33/h14-19,25H,6-13,24H2,1-5H3,(H,26,30)(H,27,29)(H,32,33)/t16-,17+,18+,19+/m1/s1. The van der Waals surface area contributed by atoms with Gasteiger partial charge in [0.05, 0.1) is 6.04 Å². The third-order valence-corrected chi connectivity index (χ3v) is 5.72. The van der Waals surface area contributed by atoms with E-state index in [1.54, 1.807) is 0 Å². The molecule has 0 spiro atoms. The van der Waals surface area contributed by atoms with Crippen LogP contribution in [0.4, 0.5) is 0 Å². The Morgan fingerprint density at radius 1 is 1.06 bits per heavy atom. The molecule has 10 heteroatoms. The monoisotopic (exact) mass is 469 g/mol. The first kappa shape index (κ1) is 28.8. The Hall–Kier alpha value is -2.20. The van der Waals surface area contributed by atoms with Gasteiger partial charge in [0.1, 0.15) is 18.1 Å². The molecule has 0 aromatic rings. The van der Waals surface area contributed by atoms with Crippen LogP contribution in [0.1, 0.15) is 73.1 Å². The van der Waals surface area contributed by atoms with E-state index in [1.165, 1.54) is 11.8 Å². The van der Waals surface area contributed by atoms with Crippen LogP contribution in [0.15, 0.2) is 0 Å². The number of rotatable bonds is 14. The summed E-state index contributed by atoms with van der Waals surface area (Å²) < 4.78 is 0. The molecular weight excluding hydrogens is 426 g/mol. The average molecular weight is 470 g/mol. The molecule has 1 rings (SSSR count). The number of unbranched alkanes of at least 4 members (excludes halogenated alkanes) is 1. The van der Waals surface area contributed by atoms with Crippen molar-refractivity contribution in [2.75, 3.05) is 13.1 Å². The maximum absolute atomic E-state index is 13.4. The van der Waals surface area contributed by atoms with E-state index >= 15 is 0 Å². The summed E-state index contributed by atoms with van der Waals surface area (Å²) in [6, 6.07) is -2.91. The second kappa shape index (κ2) is 14.1. The van der Waals surface area contributed by atoms with Gasteiger partial charge in [-0.1, -0.05) is 27.7 Å². The number of hydrogen-bond acceptors (Lipinski definition) is 6. The molecule has 1 aliphatic rings. The van der Waals surface area contributed by atoms with E-state index in [0.29, 0.717) is 38.3 Å². The zero-order chi connectivity index (χ0) is 25.1. The molecule has 1 heterocycles. The van der Waals surface area contributed by atoms with Gasteiger partial charge in [0.25, 0.3) is 0 Å². The maximum Gasteiger partial charge on any atom is 0.325 e. The van der Waals surface area contributed by atoms with Crippen molar-refractivity contribution >= 4 is 23.7 Å². The lowest BCUT2D eigenvalue weighted by atomic mass is 10.0.